The van der Waals surface area contributed by atoms with Gasteiger partial charge >= 0.3 is 0 Å². The van der Waals surface area contributed by atoms with E-state index in [-0.39, 0.29) is 0 Å². The molecule has 0 amide bonds. The summed E-state index contributed by atoms with van der Waals surface area (Å²) < 4.78 is 13.0. The fraction of sp³-hybridized carbons (Fsp3) is 0. The fourth-order valence-electron chi connectivity index (χ4n) is 8.71. The van der Waals surface area contributed by atoms with Crippen LogP contribution in [0.3, 0.4) is 0 Å². The molecule has 3 aromatic heterocycles. The maximum absolute atomic E-state index is 6.49. The summed E-state index contributed by atoms with van der Waals surface area (Å²) in [6.45, 7) is 0. The summed E-state index contributed by atoms with van der Waals surface area (Å²) in [6.07, 6.45) is 0. The van der Waals surface area contributed by atoms with E-state index in [0.29, 0.717) is 17.5 Å². The molecule has 0 aliphatic rings. The summed E-state index contributed by atoms with van der Waals surface area (Å²) in [5, 5.41) is 3.91. The molecule has 5 nitrogen and oxygen atoms in total. The highest BCUT2D eigenvalue weighted by atomic mass is 16.3. The first-order valence-electron chi connectivity index (χ1n) is 20.7. The van der Waals surface area contributed by atoms with E-state index in [9.17, 15) is 0 Å². The Balaban J connectivity index is 1.05. The van der Waals surface area contributed by atoms with Crippen LogP contribution in [-0.4, -0.2) is 15.0 Å². The largest absolute Gasteiger partial charge is 0.456 e. The summed E-state index contributed by atoms with van der Waals surface area (Å²) >= 11 is 0. The second-order valence-electron chi connectivity index (χ2n) is 15.5. The molecule has 9 aromatic carbocycles. The molecule has 0 radical (unpaired) electrons. The van der Waals surface area contributed by atoms with Crippen LogP contribution in [0.15, 0.2) is 221 Å². The van der Waals surface area contributed by atoms with Crippen molar-refractivity contribution in [2.75, 3.05) is 0 Å². The number of hydrogen-bond acceptors (Lipinski definition) is 5. The quantitative estimate of drug-likeness (QED) is 0.161. The first-order valence-corrected chi connectivity index (χ1v) is 20.7. The molecular formula is C57H35N3O2. The van der Waals surface area contributed by atoms with Gasteiger partial charge in [-0.15, -0.1) is 0 Å². The predicted molar refractivity (Wildman–Crippen MR) is 252 cm³/mol. The van der Waals surface area contributed by atoms with Gasteiger partial charge in [-0.2, -0.15) is 0 Å². The van der Waals surface area contributed by atoms with Crippen molar-refractivity contribution in [1.29, 1.82) is 0 Å². The Kier molecular flexibility index (Phi) is 8.42. The van der Waals surface area contributed by atoms with Gasteiger partial charge in [0.25, 0.3) is 0 Å². The van der Waals surface area contributed by atoms with Gasteiger partial charge in [-0.25, -0.2) is 15.0 Å². The van der Waals surface area contributed by atoms with E-state index in [0.717, 1.165) is 93.9 Å². The molecule has 62 heavy (non-hydrogen) atoms. The van der Waals surface area contributed by atoms with Crippen molar-refractivity contribution in [2.24, 2.45) is 0 Å². The summed E-state index contributed by atoms with van der Waals surface area (Å²) in [7, 11) is 0. The average Bonchev–Trinajstić information content (AvgIpc) is 3.93. The number of nitrogens with zero attached hydrogens (tertiary/aromatic N) is 3. The van der Waals surface area contributed by atoms with Crippen molar-refractivity contribution in [3.05, 3.63) is 212 Å². The molecular weight excluding hydrogens is 759 g/mol. The van der Waals surface area contributed by atoms with Crippen molar-refractivity contribution in [3.8, 4) is 78.7 Å². The number of furan rings is 2. The lowest BCUT2D eigenvalue weighted by Crippen LogP contribution is -2.00. The van der Waals surface area contributed by atoms with Gasteiger partial charge in [0.15, 0.2) is 17.5 Å². The first kappa shape index (κ1) is 35.5. The van der Waals surface area contributed by atoms with Gasteiger partial charge in [0.2, 0.25) is 0 Å². The van der Waals surface area contributed by atoms with Crippen LogP contribution in [-0.2, 0) is 0 Å². The maximum Gasteiger partial charge on any atom is 0.164 e. The van der Waals surface area contributed by atoms with Gasteiger partial charge in [-0.3, -0.25) is 0 Å². The van der Waals surface area contributed by atoms with Crippen LogP contribution in [0.5, 0.6) is 0 Å². The molecule has 0 atom stereocenters. The van der Waals surface area contributed by atoms with Crippen LogP contribution in [0.1, 0.15) is 0 Å². The Morgan fingerprint density at radius 1 is 0.242 bits per heavy atom. The van der Waals surface area contributed by atoms with Crippen LogP contribution in [0.2, 0.25) is 0 Å². The second-order valence-corrected chi connectivity index (χ2v) is 15.5. The molecule has 0 aliphatic carbocycles. The van der Waals surface area contributed by atoms with Crippen LogP contribution in [0, 0.1) is 0 Å². The van der Waals surface area contributed by atoms with Crippen LogP contribution >= 0.6 is 0 Å². The lowest BCUT2D eigenvalue weighted by atomic mass is 9.98. The molecule has 0 aliphatic heterocycles. The highest BCUT2D eigenvalue weighted by Crippen LogP contribution is 2.41. The average molecular weight is 794 g/mol. The highest BCUT2D eigenvalue weighted by molar-refractivity contribution is 6.14. The minimum Gasteiger partial charge on any atom is -0.456 e. The van der Waals surface area contributed by atoms with Crippen molar-refractivity contribution < 1.29 is 8.83 Å². The molecule has 290 valence electrons. The zero-order chi connectivity index (χ0) is 41.0. The molecule has 0 unspecified atom stereocenters. The zero-order valence-corrected chi connectivity index (χ0v) is 33.4. The molecule has 0 bridgehead atoms. The highest BCUT2D eigenvalue weighted by Gasteiger charge is 2.21. The topological polar surface area (TPSA) is 65.0 Å². The van der Waals surface area contributed by atoms with E-state index in [1.807, 2.05) is 42.5 Å². The predicted octanol–water partition coefficient (Wildman–Crippen LogP) is 15.3. The zero-order valence-electron chi connectivity index (χ0n) is 33.4. The van der Waals surface area contributed by atoms with E-state index in [1.165, 1.54) is 11.1 Å². The standard InChI is InChI=1S/C57H35N3O2/c1-4-13-36(14-5-1)41-19-10-20-42(33-41)39-25-27-40(28-26-39)55-58-56(45-21-11-23-51-53(45)47-34-43(29-31-49(47)61-51)37-15-6-2-7-16-37)60-57(59-55)46-22-12-24-52-54(46)48-35-44(30-32-50(48)62-52)38-17-8-3-9-18-38/h1-35H. The molecule has 0 fully saturated rings. The first-order chi connectivity index (χ1) is 30.7. The third-order valence-corrected chi connectivity index (χ3v) is 11.8. The normalized spacial score (nSPS) is 11.5. The third kappa shape index (κ3) is 6.23. The Morgan fingerprint density at radius 2 is 0.597 bits per heavy atom. The van der Waals surface area contributed by atoms with Crippen molar-refractivity contribution >= 4 is 43.9 Å². The maximum atomic E-state index is 6.49. The fourth-order valence-corrected chi connectivity index (χ4v) is 8.71. The molecule has 0 spiro atoms. The van der Waals surface area contributed by atoms with E-state index in [4.69, 9.17) is 23.8 Å². The van der Waals surface area contributed by atoms with E-state index < -0.39 is 0 Å². The summed E-state index contributed by atoms with van der Waals surface area (Å²) in [5.74, 6) is 1.68. The molecule has 0 saturated carbocycles. The Hall–Kier alpha value is -8.41. The summed E-state index contributed by atoms with van der Waals surface area (Å²) in [5.41, 5.74) is 14.8. The monoisotopic (exact) mass is 793 g/mol. The van der Waals surface area contributed by atoms with E-state index in [2.05, 4.69) is 170 Å². The Labute approximate surface area is 357 Å². The van der Waals surface area contributed by atoms with E-state index >= 15 is 0 Å². The lowest BCUT2D eigenvalue weighted by Gasteiger charge is -2.11. The third-order valence-electron chi connectivity index (χ3n) is 11.8. The Morgan fingerprint density at radius 3 is 1.06 bits per heavy atom. The van der Waals surface area contributed by atoms with Crippen LogP contribution in [0.25, 0.3) is 123 Å². The number of benzene rings is 9. The summed E-state index contributed by atoms with van der Waals surface area (Å²) in [6, 6.07) is 73.4. The van der Waals surface area contributed by atoms with Crippen molar-refractivity contribution in [1.82, 2.24) is 15.0 Å². The van der Waals surface area contributed by atoms with Crippen molar-refractivity contribution in [3.63, 3.8) is 0 Å². The SMILES string of the molecule is c1ccc(-c2cccc(-c3ccc(-c4nc(-c5cccc6oc7ccc(-c8ccccc8)cc7c56)nc(-c5cccc6oc7ccc(-c8ccccc8)cc7c56)n4)cc3)c2)cc1. The Bertz CT molecular complexity index is 3440. The molecule has 3 heterocycles. The molecule has 12 aromatic rings. The van der Waals surface area contributed by atoms with Crippen molar-refractivity contribution in [2.45, 2.75) is 0 Å². The van der Waals surface area contributed by atoms with Crippen LogP contribution < -0.4 is 0 Å². The molecule has 12 rings (SSSR count). The molecule has 0 saturated heterocycles. The molecule has 0 N–H and O–H groups in total. The van der Waals surface area contributed by atoms with E-state index in [1.54, 1.807) is 0 Å². The van der Waals surface area contributed by atoms with Crippen LogP contribution in [0.4, 0.5) is 0 Å². The van der Waals surface area contributed by atoms with Gasteiger partial charge in [0.05, 0.1) is 0 Å². The number of aromatic nitrogens is 3. The second kappa shape index (κ2) is 14.7. The number of rotatable bonds is 7. The van der Waals surface area contributed by atoms with Gasteiger partial charge in [-0.05, 0) is 87.0 Å². The minimum atomic E-state index is 0.554. The van der Waals surface area contributed by atoms with Gasteiger partial charge < -0.3 is 8.83 Å². The van der Waals surface area contributed by atoms with Gasteiger partial charge in [-0.1, -0.05) is 170 Å². The smallest absolute Gasteiger partial charge is 0.164 e. The number of hydrogen-bond donors (Lipinski definition) is 0. The van der Waals surface area contributed by atoms with Gasteiger partial charge in [0.1, 0.15) is 22.3 Å². The number of fused-ring (bicyclic) bond motifs is 6. The lowest BCUT2D eigenvalue weighted by molar-refractivity contribution is 0.668. The van der Waals surface area contributed by atoms with Gasteiger partial charge in [0, 0.05) is 38.2 Å². The molecule has 5 heteroatoms. The summed E-state index contributed by atoms with van der Waals surface area (Å²) in [4.78, 5) is 15.9. The minimum absolute atomic E-state index is 0.554.